The van der Waals surface area contributed by atoms with E-state index in [-0.39, 0.29) is 18.5 Å². The van der Waals surface area contributed by atoms with Gasteiger partial charge in [-0.25, -0.2) is 4.79 Å². The topological polar surface area (TPSA) is 61.4 Å². The van der Waals surface area contributed by atoms with E-state index in [1.165, 1.54) is 4.88 Å². The standard InChI is InChI=1S/C14H21N3O2S/c1-4-7-17(9-12-6-5-8-20-12)10-13(18)16-14(19)15-11(2)3/h4-6,8,11H,1,7,9-10H2,2-3H3,(H2,15,16,18,19). The monoisotopic (exact) mass is 295 g/mol. The van der Waals surface area contributed by atoms with Crippen LogP contribution < -0.4 is 10.6 Å². The average Bonchev–Trinajstić information content (AvgIpc) is 2.80. The Morgan fingerprint density at radius 1 is 1.50 bits per heavy atom. The number of urea groups is 1. The normalized spacial score (nSPS) is 10.6. The van der Waals surface area contributed by atoms with Gasteiger partial charge in [0.1, 0.15) is 0 Å². The summed E-state index contributed by atoms with van der Waals surface area (Å²) in [6.45, 7) is 8.79. The second kappa shape index (κ2) is 8.50. The van der Waals surface area contributed by atoms with Crippen molar-refractivity contribution in [1.29, 1.82) is 0 Å². The number of imide groups is 1. The van der Waals surface area contributed by atoms with Gasteiger partial charge in [0, 0.05) is 24.0 Å². The number of nitrogens with one attached hydrogen (secondary N) is 2. The van der Waals surface area contributed by atoms with Gasteiger partial charge in [-0.1, -0.05) is 12.1 Å². The van der Waals surface area contributed by atoms with E-state index in [2.05, 4.69) is 17.2 Å². The van der Waals surface area contributed by atoms with Crippen LogP contribution in [0.3, 0.4) is 0 Å². The van der Waals surface area contributed by atoms with Crippen LogP contribution in [0.15, 0.2) is 30.2 Å². The summed E-state index contributed by atoms with van der Waals surface area (Å²) in [7, 11) is 0. The Bertz CT molecular complexity index is 443. The first kappa shape index (κ1) is 16.4. The minimum atomic E-state index is -0.459. The summed E-state index contributed by atoms with van der Waals surface area (Å²) in [6.07, 6.45) is 1.75. The van der Waals surface area contributed by atoms with Gasteiger partial charge in [0.25, 0.3) is 0 Å². The largest absolute Gasteiger partial charge is 0.336 e. The number of rotatable bonds is 7. The molecule has 0 unspecified atom stereocenters. The first-order chi connectivity index (χ1) is 9.51. The molecular formula is C14H21N3O2S. The molecule has 0 aliphatic carbocycles. The molecule has 0 atom stereocenters. The fourth-order valence-electron chi connectivity index (χ4n) is 1.66. The highest BCUT2D eigenvalue weighted by Gasteiger charge is 2.13. The molecule has 0 radical (unpaired) electrons. The molecule has 1 heterocycles. The Morgan fingerprint density at radius 2 is 2.25 bits per heavy atom. The number of carbonyl (C=O) groups excluding carboxylic acids is 2. The molecule has 20 heavy (non-hydrogen) atoms. The van der Waals surface area contributed by atoms with Crippen LogP contribution in [-0.4, -0.2) is 36.0 Å². The van der Waals surface area contributed by atoms with Gasteiger partial charge in [0.15, 0.2) is 0 Å². The lowest BCUT2D eigenvalue weighted by Crippen LogP contribution is -2.46. The van der Waals surface area contributed by atoms with Crippen molar-refractivity contribution in [1.82, 2.24) is 15.5 Å². The molecule has 3 amide bonds. The maximum absolute atomic E-state index is 11.8. The maximum Gasteiger partial charge on any atom is 0.321 e. The van der Waals surface area contributed by atoms with Gasteiger partial charge in [-0.3, -0.25) is 15.0 Å². The molecule has 0 fully saturated rings. The molecule has 5 nitrogen and oxygen atoms in total. The van der Waals surface area contributed by atoms with Gasteiger partial charge in [0.2, 0.25) is 5.91 Å². The maximum atomic E-state index is 11.8. The Labute approximate surface area is 123 Å². The van der Waals surface area contributed by atoms with Crippen LogP contribution in [0.5, 0.6) is 0 Å². The fourth-order valence-corrected chi connectivity index (χ4v) is 2.40. The van der Waals surface area contributed by atoms with Crippen LogP contribution in [0, 0.1) is 0 Å². The Kier molecular flexibility index (Phi) is 6.97. The van der Waals surface area contributed by atoms with Crippen molar-refractivity contribution in [2.24, 2.45) is 0 Å². The molecule has 0 aliphatic rings. The van der Waals surface area contributed by atoms with E-state index in [0.29, 0.717) is 13.1 Å². The third-order valence-electron chi connectivity index (χ3n) is 2.39. The van der Waals surface area contributed by atoms with Crippen molar-refractivity contribution in [2.75, 3.05) is 13.1 Å². The Balaban J connectivity index is 2.46. The number of nitrogens with zero attached hydrogens (tertiary/aromatic N) is 1. The molecule has 110 valence electrons. The van der Waals surface area contributed by atoms with E-state index in [1.54, 1.807) is 17.4 Å². The smallest absolute Gasteiger partial charge is 0.321 e. The average molecular weight is 295 g/mol. The molecule has 0 saturated carbocycles. The van der Waals surface area contributed by atoms with Crippen molar-refractivity contribution in [3.63, 3.8) is 0 Å². The highest BCUT2D eigenvalue weighted by atomic mass is 32.1. The first-order valence-corrected chi connectivity index (χ1v) is 7.35. The van der Waals surface area contributed by atoms with Gasteiger partial charge in [-0.2, -0.15) is 0 Å². The lowest BCUT2D eigenvalue weighted by Gasteiger charge is -2.19. The number of hydrogen-bond acceptors (Lipinski definition) is 4. The van der Waals surface area contributed by atoms with Crippen molar-refractivity contribution in [2.45, 2.75) is 26.4 Å². The predicted molar refractivity (Wildman–Crippen MR) is 81.6 cm³/mol. The molecule has 0 bridgehead atoms. The summed E-state index contributed by atoms with van der Waals surface area (Å²) in [5.74, 6) is -0.318. The van der Waals surface area contributed by atoms with Crippen LogP contribution >= 0.6 is 11.3 Å². The summed E-state index contributed by atoms with van der Waals surface area (Å²) in [5.41, 5.74) is 0. The van der Waals surface area contributed by atoms with Gasteiger partial charge < -0.3 is 5.32 Å². The minimum absolute atomic E-state index is 0.00167. The lowest BCUT2D eigenvalue weighted by molar-refractivity contribution is -0.121. The van der Waals surface area contributed by atoms with Gasteiger partial charge in [-0.15, -0.1) is 17.9 Å². The van der Waals surface area contributed by atoms with Crippen molar-refractivity contribution < 1.29 is 9.59 Å². The van der Waals surface area contributed by atoms with E-state index < -0.39 is 6.03 Å². The van der Waals surface area contributed by atoms with E-state index in [4.69, 9.17) is 0 Å². The zero-order valence-corrected chi connectivity index (χ0v) is 12.7. The summed E-state index contributed by atoms with van der Waals surface area (Å²) in [5, 5.41) is 6.93. The molecule has 0 aromatic carbocycles. The Morgan fingerprint density at radius 3 is 2.80 bits per heavy atom. The summed E-state index contributed by atoms with van der Waals surface area (Å²) >= 11 is 1.64. The highest BCUT2D eigenvalue weighted by Crippen LogP contribution is 2.11. The molecule has 0 saturated heterocycles. The second-order valence-corrected chi connectivity index (χ2v) is 5.75. The third kappa shape index (κ3) is 6.49. The number of carbonyl (C=O) groups is 2. The number of hydrogen-bond donors (Lipinski definition) is 2. The fraction of sp³-hybridized carbons (Fsp3) is 0.429. The minimum Gasteiger partial charge on any atom is -0.336 e. The van der Waals surface area contributed by atoms with E-state index in [0.717, 1.165) is 0 Å². The molecule has 1 rings (SSSR count). The molecular weight excluding hydrogens is 274 g/mol. The van der Waals surface area contributed by atoms with Crippen LogP contribution in [0.1, 0.15) is 18.7 Å². The lowest BCUT2D eigenvalue weighted by atomic mass is 10.3. The molecule has 2 N–H and O–H groups in total. The van der Waals surface area contributed by atoms with Gasteiger partial charge >= 0.3 is 6.03 Å². The zero-order chi connectivity index (χ0) is 15.0. The number of amides is 3. The first-order valence-electron chi connectivity index (χ1n) is 6.47. The van der Waals surface area contributed by atoms with Crippen molar-refractivity contribution in [3.8, 4) is 0 Å². The molecule has 6 heteroatoms. The van der Waals surface area contributed by atoms with Gasteiger partial charge in [-0.05, 0) is 25.3 Å². The summed E-state index contributed by atoms with van der Waals surface area (Å²) in [4.78, 5) is 26.3. The highest BCUT2D eigenvalue weighted by molar-refractivity contribution is 7.09. The third-order valence-corrected chi connectivity index (χ3v) is 3.25. The molecule has 0 spiro atoms. The van der Waals surface area contributed by atoms with E-state index in [9.17, 15) is 9.59 Å². The second-order valence-electron chi connectivity index (χ2n) is 4.71. The van der Waals surface area contributed by atoms with Crippen LogP contribution in [0.4, 0.5) is 4.79 Å². The number of thiophene rings is 1. The Hall–Kier alpha value is -1.66. The van der Waals surface area contributed by atoms with E-state index >= 15 is 0 Å². The van der Waals surface area contributed by atoms with Crippen LogP contribution in [-0.2, 0) is 11.3 Å². The molecule has 1 aromatic rings. The predicted octanol–water partition coefficient (Wildman–Crippen LogP) is 1.97. The van der Waals surface area contributed by atoms with Crippen LogP contribution in [0.25, 0.3) is 0 Å². The molecule has 0 aliphatic heterocycles. The van der Waals surface area contributed by atoms with Crippen LogP contribution in [0.2, 0.25) is 0 Å². The molecule has 1 aromatic heterocycles. The van der Waals surface area contributed by atoms with E-state index in [1.807, 2.05) is 36.3 Å². The van der Waals surface area contributed by atoms with Gasteiger partial charge in [0.05, 0.1) is 6.54 Å². The van der Waals surface area contributed by atoms with Crippen molar-refractivity contribution >= 4 is 23.3 Å². The SMILES string of the molecule is C=CCN(CC(=O)NC(=O)NC(C)C)Cc1cccs1. The zero-order valence-electron chi connectivity index (χ0n) is 11.9. The summed E-state index contributed by atoms with van der Waals surface area (Å²) < 4.78 is 0. The van der Waals surface area contributed by atoms with Crippen molar-refractivity contribution in [3.05, 3.63) is 35.0 Å². The summed E-state index contributed by atoms with van der Waals surface area (Å²) in [6, 6.07) is 3.53. The quantitative estimate of drug-likeness (QED) is 0.756.